The number of hydrogen-bond acceptors (Lipinski definition) is 4. The fraction of sp³-hybridized carbons (Fsp3) is 0.0909. The van der Waals surface area contributed by atoms with Gasteiger partial charge in [-0.3, -0.25) is 0 Å². The molecule has 0 bridgehead atoms. The molecule has 4 aromatic carbocycles. The second-order valence-corrected chi connectivity index (χ2v) is 31.3. The second-order valence-electron chi connectivity index (χ2n) is 13.4. The maximum Gasteiger partial charge on any atom is -1.00 e. The summed E-state index contributed by atoms with van der Waals surface area (Å²) in [7, 11) is 0. The summed E-state index contributed by atoms with van der Waals surface area (Å²) in [5.41, 5.74) is 11.2. The Hall–Kier alpha value is -4.32. The second kappa shape index (κ2) is 13.9. The van der Waals surface area contributed by atoms with Gasteiger partial charge in [-0.1, -0.05) is 0 Å². The molecule has 0 spiro atoms. The third-order valence-corrected chi connectivity index (χ3v) is 29.5. The largest absolute Gasteiger partial charge is 1.00 e. The average Bonchev–Trinajstić information content (AvgIpc) is 3.99. The maximum absolute atomic E-state index is 6.48. The van der Waals surface area contributed by atoms with Crippen molar-refractivity contribution in [3.63, 3.8) is 0 Å². The molecule has 8 heteroatoms. The van der Waals surface area contributed by atoms with Gasteiger partial charge in [0.1, 0.15) is 0 Å². The van der Waals surface area contributed by atoms with Crippen LogP contribution < -0.4 is 24.8 Å². The molecule has 2 atom stereocenters. The van der Waals surface area contributed by atoms with Gasteiger partial charge in [-0.15, -0.1) is 0 Å². The summed E-state index contributed by atoms with van der Waals surface area (Å²) in [5.74, 6) is 3.72. The van der Waals surface area contributed by atoms with Crippen LogP contribution in [-0.2, 0) is 20.4 Å². The van der Waals surface area contributed by atoms with Crippen LogP contribution in [0.25, 0.3) is 67.9 Å². The first-order chi connectivity index (χ1) is 24.6. The van der Waals surface area contributed by atoms with E-state index in [2.05, 4.69) is 110 Å². The molecule has 52 heavy (non-hydrogen) atoms. The van der Waals surface area contributed by atoms with Gasteiger partial charge in [0, 0.05) is 0 Å². The smallest absolute Gasteiger partial charge is 1.00 e. The van der Waals surface area contributed by atoms with Gasteiger partial charge in [-0.2, -0.15) is 0 Å². The van der Waals surface area contributed by atoms with E-state index in [9.17, 15) is 0 Å². The van der Waals surface area contributed by atoms with Crippen LogP contribution in [0.3, 0.4) is 0 Å². The van der Waals surface area contributed by atoms with Crippen molar-refractivity contribution in [1.29, 1.82) is 0 Å². The maximum atomic E-state index is 6.48. The molecule has 10 rings (SSSR count). The average molecular weight is 815 g/mol. The number of hydrogen-bond donors (Lipinski definition) is 0. The number of rotatable bonds is 6. The molecule has 0 fully saturated rings. The molecule has 2 aliphatic rings. The van der Waals surface area contributed by atoms with Crippen molar-refractivity contribution in [2.75, 3.05) is 0 Å². The van der Waals surface area contributed by atoms with E-state index in [0.29, 0.717) is 0 Å². The van der Waals surface area contributed by atoms with E-state index < -0.39 is 25.8 Å². The van der Waals surface area contributed by atoms with Gasteiger partial charge in [0.05, 0.1) is 0 Å². The number of furan rings is 4. The first kappa shape index (κ1) is 34.7. The Morgan fingerprint density at radius 1 is 0.500 bits per heavy atom. The van der Waals surface area contributed by atoms with Gasteiger partial charge in [0.2, 0.25) is 0 Å². The van der Waals surface area contributed by atoms with Gasteiger partial charge < -0.3 is 24.8 Å². The molecule has 4 heterocycles. The van der Waals surface area contributed by atoms with E-state index in [1.54, 1.807) is 0 Å². The van der Waals surface area contributed by atoms with Crippen molar-refractivity contribution in [2.45, 2.75) is 20.3 Å². The minimum Gasteiger partial charge on any atom is -1.00 e. The van der Waals surface area contributed by atoms with E-state index in [-0.39, 0.29) is 32.1 Å². The monoisotopic (exact) mass is 812 g/mol. The van der Waals surface area contributed by atoms with E-state index in [1.165, 1.54) is 33.4 Å². The molecule has 0 saturated heterocycles. The Kier molecular flexibility index (Phi) is 9.30. The Morgan fingerprint density at radius 2 is 0.962 bits per heavy atom. The molecule has 0 radical (unpaired) electrons. The normalized spacial score (nSPS) is 15.6. The Balaban J connectivity index is 0.00000193. The predicted octanol–water partition coefficient (Wildman–Crippen LogP) is 6.47. The summed E-state index contributed by atoms with van der Waals surface area (Å²) in [6, 6.07) is 42.8. The fourth-order valence-corrected chi connectivity index (χ4v) is 28.0. The van der Waals surface area contributed by atoms with Crippen molar-refractivity contribution in [1.82, 2.24) is 0 Å². The van der Waals surface area contributed by atoms with Crippen LogP contribution >= 0.6 is 0 Å². The van der Waals surface area contributed by atoms with Crippen LogP contribution in [0.5, 0.6) is 0 Å². The zero-order valence-electron chi connectivity index (χ0n) is 28.4. The summed E-state index contributed by atoms with van der Waals surface area (Å²) < 4.78 is 26.0. The van der Waals surface area contributed by atoms with E-state index in [4.69, 9.17) is 17.7 Å². The summed E-state index contributed by atoms with van der Waals surface area (Å²) in [4.78, 5) is 0. The molecule has 4 aromatic heterocycles. The third-order valence-electron chi connectivity index (χ3n) is 10.3. The van der Waals surface area contributed by atoms with Crippen LogP contribution in [0.15, 0.2) is 152 Å². The molecule has 0 saturated carbocycles. The number of fused-ring (bicyclic) bond motifs is 4. The van der Waals surface area contributed by atoms with Gasteiger partial charge in [-0.25, -0.2) is 0 Å². The fourth-order valence-electron chi connectivity index (χ4n) is 8.19. The van der Waals surface area contributed by atoms with E-state index >= 15 is 0 Å². The van der Waals surface area contributed by atoms with Crippen molar-refractivity contribution in [3.8, 4) is 22.6 Å². The molecule has 2 aliphatic carbocycles. The number of halogens is 2. The van der Waals surface area contributed by atoms with Crippen LogP contribution in [0.1, 0.15) is 41.0 Å². The van der Waals surface area contributed by atoms with Gasteiger partial charge in [0.15, 0.2) is 0 Å². The summed E-state index contributed by atoms with van der Waals surface area (Å²) in [6.07, 6.45) is 8.43. The van der Waals surface area contributed by atoms with Crippen molar-refractivity contribution in [3.05, 3.63) is 168 Å². The topological polar surface area (TPSA) is 52.6 Å². The first-order valence-electron chi connectivity index (χ1n) is 17.0. The van der Waals surface area contributed by atoms with E-state index in [1.807, 2.05) is 48.9 Å². The standard InChI is InChI=1S/2C21H13O2.C2H6Si.2ClH.Zr/c2*1-2-8-20-15(5-1)13-21(23-20)17-7-3-6-14-11-16(12-18(14)17)19-9-4-10-22-19;1-3-2;;;/h2*1-13H;1-2H3;2*1H;/q;;;;;+2/p-2. The predicted molar refractivity (Wildman–Crippen MR) is 199 cm³/mol. The van der Waals surface area contributed by atoms with Gasteiger partial charge in [-0.05, 0) is 0 Å². The van der Waals surface area contributed by atoms with Crippen LogP contribution in [0, 0.1) is 0 Å². The number of allylic oxidation sites excluding steroid dienone is 2. The Morgan fingerprint density at radius 3 is 1.37 bits per heavy atom. The molecule has 0 amide bonds. The van der Waals surface area contributed by atoms with Crippen LogP contribution in [0.4, 0.5) is 0 Å². The summed E-state index contributed by atoms with van der Waals surface area (Å²) in [6.45, 7) is 5.09. The minimum absolute atomic E-state index is 0. The molecule has 8 aromatic rings. The van der Waals surface area contributed by atoms with Crippen molar-refractivity contribution in [2.24, 2.45) is 0 Å². The Bertz CT molecular complexity index is 2450. The third kappa shape index (κ3) is 5.59. The zero-order valence-corrected chi connectivity index (χ0v) is 33.4. The quantitative estimate of drug-likeness (QED) is 0.181. The van der Waals surface area contributed by atoms with E-state index in [0.717, 1.165) is 56.1 Å². The minimum atomic E-state index is -2.65. The molecular formula is C44H32Cl2O4SiZr. The molecule has 254 valence electrons. The number of para-hydroxylation sites is 2. The first-order valence-corrected chi connectivity index (χ1v) is 26.1. The SMILES string of the molecule is C[Si](C)=[Zr+2]([CH]1C(c2ccco2)=Cc2c(-c3cc4ccccc4o3)cccc21)[CH]1C(c2ccco2)=Cc2c(-c3cc4ccccc4o3)cccc21.[Cl-].[Cl-]. The molecule has 0 aliphatic heterocycles. The number of benzene rings is 4. The van der Waals surface area contributed by atoms with Crippen LogP contribution in [-0.4, -0.2) is 5.43 Å². The molecule has 0 N–H and O–H groups in total. The molecule has 4 nitrogen and oxygen atoms in total. The van der Waals surface area contributed by atoms with Crippen molar-refractivity contribution < 1.29 is 62.8 Å². The molecular weight excluding hydrogens is 783 g/mol. The Labute approximate surface area is 321 Å². The zero-order chi connectivity index (χ0) is 33.3. The van der Waals surface area contributed by atoms with Crippen molar-refractivity contribution >= 4 is 50.7 Å². The van der Waals surface area contributed by atoms with Gasteiger partial charge >= 0.3 is 299 Å². The molecule has 2 unspecified atom stereocenters. The summed E-state index contributed by atoms with van der Waals surface area (Å²) >= 11 is -2.65. The summed E-state index contributed by atoms with van der Waals surface area (Å²) in [5, 5.41) is 2.23. The van der Waals surface area contributed by atoms with Crippen LogP contribution in [0.2, 0.25) is 13.1 Å². The van der Waals surface area contributed by atoms with Gasteiger partial charge in [0.25, 0.3) is 0 Å².